The number of benzene rings is 3. The molecule has 4 rings (SSSR count). The SMILES string of the molecule is C[C@@H](NC(=O)c1ccccc1NC(=O)C1CCN(Cc2ccc(F)cc2)CC1)c1ccccc1. The van der Waals surface area contributed by atoms with E-state index >= 15 is 0 Å². The number of likely N-dealkylation sites (tertiary alicyclic amines) is 1. The summed E-state index contributed by atoms with van der Waals surface area (Å²) in [7, 11) is 0. The normalized spacial score (nSPS) is 15.5. The van der Waals surface area contributed by atoms with E-state index < -0.39 is 0 Å². The number of halogens is 1. The highest BCUT2D eigenvalue weighted by Crippen LogP contribution is 2.23. The first-order valence-electron chi connectivity index (χ1n) is 11.7. The molecular weight excluding hydrogens is 429 g/mol. The molecule has 6 heteroatoms. The molecule has 0 aliphatic carbocycles. The van der Waals surface area contributed by atoms with E-state index in [2.05, 4.69) is 15.5 Å². The highest BCUT2D eigenvalue weighted by molar-refractivity contribution is 6.04. The van der Waals surface area contributed by atoms with Crippen molar-refractivity contribution in [2.45, 2.75) is 32.4 Å². The van der Waals surface area contributed by atoms with Crippen LogP contribution in [0.1, 0.15) is 47.3 Å². The lowest BCUT2D eigenvalue weighted by molar-refractivity contribution is -0.121. The minimum atomic E-state index is -0.234. The lowest BCUT2D eigenvalue weighted by Gasteiger charge is -2.31. The number of hydrogen-bond acceptors (Lipinski definition) is 3. The molecular formula is C28H30FN3O2. The van der Waals surface area contributed by atoms with E-state index in [1.54, 1.807) is 30.3 Å². The molecule has 3 aromatic carbocycles. The third-order valence-corrected chi connectivity index (χ3v) is 6.35. The van der Waals surface area contributed by atoms with E-state index in [0.29, 0.717) is 11.3 Å². The number of nitrogens with one attached hydrogen (secondary N) is 2. The average molecular weight is 460 g/mol. The second kappa shape index (κ2) is 11.1. The van der Waals surface area contributed by atoms with E-state index in [1.807, 2.05) is 43.3 Å². The fourth-order valence-electron chi connectivity index (χ4n) is 4.33. The maximum Gasteiger partial charge on any atom is 0.253 e. The highest BCUT2D eigenvalue weighted by Gasteiger charge is 2.26. The van der Waals surface area contributed by atoms with Crippen molar-refractivity contribution in [3.8, 4) is 0 Å². The van der Waals surface area contributed by atoms with Gasteiger partial charge in [0.25, 0.3) is 5.91 Å². The van der Waals surface area contributed by atoms with Crippen LogP contribution in [0.2, 0.25) is 0 Å². The van der Waals surface area contributed by atoms with Crippen LogP contribution in [0.15, 0.2) is 78.9 Å². The van der Waals surface area contributed by atoms with E-state index in [1.165, 1.54) is 12.1 Å². The fourth-order valence-corrected chi connectivity index (χ4v) is 4.33. The Morgan fingerprint density at radius 3 is 2.29 bits per heavy atom. The standard InChI is InChI=1S/C28H30FN3O2/c1-20(22-7-3-2-4-8-22)30-28(34)25-9-5-6-10-26(25)31-27(33)23-15-17-32(18-16-23)19-21-11-13-24(29)14-12-21/h2-14,20,23H,15-19H2,1H3,(H,30,34)(H,31,33)/t20-/m1/s1. The summed E-state index contributed by atoms with van der Waals surface area (Å²) in [5, 5.41) is 6.00. The van der Waals surface area contributed by atoms with E-state index in [9.17, 15) is 14.0 Å². The first kappa shape index (κ1) is 23.6. The Bertz CT molecular complexity index is 1110. The summed E-state index contributed by atoms with van der Waals surface area (Å²) in [6.07, 6.45) is 1.48. The predicted octanol–water partition coefficient (Wildman–Crippen LogP) is 5.17. The van der Waals surface area contributed by atoms with Gasteiger partial charge in [0, 0.05) is 12.5 Å². The van der Waals surface area contributed by atoms with Crippen LogP contribution >= 0.6 is 0 Å². The number of carbonyl (C=O) groups excluding carboxylic acids is 2. The first-order chi connectivity index (χ1) is 16.5. The van der Waals surface area contributed by atoms with Gasteiger partial charge in [0.2, 0.25) is 5.91 Å². The molecule has 0 spiro atoms. The summed E-state index contributed by atoms with van der Waals surface area (Å²) in [5.74, 6) is -0.620. The molecule has 2 amide bonds. The predicted molar refractivity (Wildman–Crippen MR) is 132 cm³/mol. The first-order valence-corrected chi connectivity index (χ1v) is 11.7. The van der Waals surface area contributed by atoms with Crippen molar-refractivity contribution in [1.82, 2.24) is 10.2 Å². The van der Waals surface area contributed by atoms with E-state index in [4.69, 9.17) is 0 Å². The molecule has 34 heavy (non-hydrogen) atoms. The molecule has 0 unspecified atom stereocenters. The molecule has 1 heterocycles. The Kier molecular flexibility index (Phi) is 7.70. The van der Waals surface area contributed by atoms with Gasteiger partial charge in [-0.05, 0) is 68.2 Å². The third-order valence-electron chi connectivity index (χ3n) is 6.35. The van der Waals surface area contributed by atoms with Crippen molar-refractivity contribution in [3.05, 3.63) is 101 Å². The van der Waals surface area contributed by atoms with Crippen LogP contribution in [-0.2, 0) is 11.3 Å². The van der Waals surface area contributed by atoms with Gasteiger partial charge >= 0.3 is 0 Å². The monoisotopic (exact) mass is 459 g/mol. The van der Waals surface area contributed by atoms with Crippen LogP contribution in [-0.4, -0.2) is 29.8 Å². The molecule has 0 saturated carbocycles. The molecule has 0 bridgehead atoms. The van der Waals surface area contributed by atoms with Crippen LogP contribution in [0, 0.1) is 11.7 Å². The highest BCUT2D eigenvalue weighted by atomic mass is 19.1. The third kappa shape index (κ3) is 6.08. The molecule has 1 fully saturated rings. The summed E-state index contributed by atoms with van der Waals surface area (Å²) < 4.78 is 13.1. The van der Waals surface area contributed by atoms with Crippen molar-refractivity contribution in [2.24, 2.45) is 5.92 Å². The molecule has 2 N–H and O–H groups in total. The van der Waals surface area contributed by atoms with Crippen LogP contribution in [0.5, 0.6) is 0 Å². The fraction of sp³-hybridized carbons (Fsp3) is 0.286. The summed E-state index contributed by atoms with van der Waals surface area (Å²) in [6, 6.07) is 23.3. The minimum Gasteiger partial charge on any atom is -0.345 e. The van der Waals surface area contributed by atoms with Crippen LogP contribution in [0.4, 0.5) is 10.1 Å². The summed E-state index contributed by atoms with van der Waals surface area (Å²) in [5.41, 5.74) is 3.06. The van der Waals surface area contributed by atoms with Gasteiger partial charge in [-0.25, -0.2) is 4.39 Å². The molecule has 176 valence electrons. The minimum absolute atomic E-state index is 0.0576. The molecule has 1 atom stereocenters. The zero-order valence-electron chi connectivity index (χ0n) is 19.3. The van der Waals surface area contributed by atoms with E-state index in [0.717, 1.165) is 43.6 Å². The molecule has 1 saturated heterocycles. The summed E-state index contributed by atoms with van der Waals surface area (Å²) in [4.78, 5) is 28.2. The van der Waals surface area contributed by atoms with Gasteiger partial charge in [0.05, 0.1) is 17.3 Å². The maximum absolute atomic E-state index is 13.1. The van der Waals surface area contributed by atoms with Gasteiger partial charge in [0.15, 0.2) is 0 Å². The van der Waals surface area contributed by atoms with Crippen LogP contribution in [0.25, 0.3) is 0 Å². The molecule has 1 aliphatic heterocycles. The largest absolute Gasteiger partial charge is 0.345 e. The van der Waals surface area contributed by atoms with Crippen LogP contribution in [0.3, 0.4) is 0 Å². The number of rotatable bonds is 7. The zero-order chi connectivity index (χ0) is 23.9. The number of anilines is 1. The zero-order valence-corrected chi connectivity index (χ0v) is 19.3. The van der Waals surface area contributed by atoms with Crippen molar-refractivity contribution >= 4 is 17.5 Å². The number of para-hydroxylation sites is 1. The smallest absolute Gasteiger partial charge is 0.253 e. The van der Waals surface area contributed by atoms with Crippen molar-refractivity contribution in [2.75, 3.05) is 18.4 Å². The van der Waals surface area contributed by atoms with Gasteiger partial charge in [-0.1, -0.05) is 54.6 Å². The number of nitrogens with zero attached hydrogens (tertiary/aromatic N) is 1. The van der Waals surface area contributed by atoms with Gasteiger partial charge in [-0.3, -0.25) is 14.5 Å². The van der Waals surface area contributed by atoms with Crippen molar-refractivity contribution in [3.63, 3.8) is 0 Å². The number of hydrogen-bond donors (Lipinski definition) is 2. The van der Waals surface area contributed by atoms with Gasteiger partial charge < -0.3 is 10.6 Å². The number of piperidine rings is 1. The lowest BCUT2D eigenvalue weighted by atomic mass is 9.95. The second-order valence-corrected chi connectivity index (χ2v) is 8.82. The topological polar surface area (TPSA) is 61.4 Å². The number of carbonyl (C=O) groups is 2. The van der Waals surface area contributed by atoms with Crippen molar-refractivity contribution in [1.29, 1.82) is 0 Å². The molecule has 5 nitrogen and oxygen atoms in total. The van der Waals surface area contributed by atoms with Gasteiger partial charge in [-0.2, -0.15) is 0 Å². The van der Waals surface area contributed by atoms with E-state index in [-0.39, 0.29) is 29.6 Å². The lowest BCUT2D eigenvalue weighted by Crippen LogP contribution is -2.38. The van der Waals surface area contributed by atoms with Crippen molar-refractivity contribution < 1.29 is 14.0 Å². The summed E-state index contributed by atoms with van der Waals surface area (Å²) >= 11 is 0. The Morgan fingerprint density at radius 1 is 0.941 bits per heavy atom. The number of amides is 2. The molecule has 0 aromatic heterocycles. The summed E-state index contributed by atoms with van der Waals surface area (Å²) in [6.45, 7) is 4.28. The molecule has 1 aliphatic rings. The maximum atomic E-state index is 13.1. The molecule has 0 radical (unpaired) electrons. The Balaban J connectivity index is 1.33. The van der Waals surface area contributed by atoms with Crippen LogP contribution < -0.4 is 10.6 Å². The Labute approximate surface area is 200 Å². The van der Waals surface area contributed by atoms with Gasteiger partial charge in [-0.15, -0.1) is 0 Å². The second-order valence-electron chi connectivity index (χ2n) is 8.82. The Hall–Kier alpha value is -3.51. The average Bonchev–Trinajstić information content (AvgIpc) is 2.86. The quantitative estimate of drug-likeness (QED) is 0.513. The Morgan fingerprint density at radius 2 is 1.59 bits per heavy atom. The van der Waals surface area contributed by atoms with Gasteiger partial charge in [0.1, 0.15) is 5.82 Å². The molecule has 3 aromatic rings.